The highest BCUT2D eigenvalue weighted by Gasteiger charge is 2.30. The Hall–Kier alpha value is -3.40. The van der Waals surface area contributed by atoms with Crippen LogP contribution in [0.5, 0.6) is 11.5 Å². The van der Waals surface area contributed by atoms with Gasteiger partial charge in [-0.2, -0.15) is 8.42 Å². The molecule has 0 saturated heterocycles. The predicted molar refractivity (Wildman–Crippen MR) is 120 cm³/mol. The Bertz CT molecular complexity index is 1430. The molecular formula is C22H22FN3O5S. The maximum Gasteiger partial charge on any atom is 0.286 e. The van der Waals surface area contributed by atoms with Crippen molar-refractivity contribution < 1.29 is 22.7 Å². The number of nitrogens with one attached hydrogen (secondary N) is 1. The minimum atomic E-state index is -4.19. The highest BCUT2D eigenvalue weighted by Crippen LogP contribution is 2.34. The average Bonchev–Trinajstić information content (AvgIpc) is 2.73. The van der Waals surface area contributed by atoms with Gasteiger partial charge in [0.05, 0.1) is 18.3 Å². The summed E-state index contributed by atoms with van der Waals surface area (Å²) >= 11 is 0. The number of benzene rings is 2. The van der Waals surface area contributed by atoms with Gasteiger partial charge in [0.15, 0.2) is 5.84 Å². The molecule has 0 aliphatic carbocycles. The molecule has 8 nitrogen and oxygen atoms in total. The lowest BCUT2D eigenvalue weighted by Gasteiger charge is -2.21. The first-order valence-corrected chi connectivity index (χ1v) is 11.4. The summed E-state index contributed by atoms with van der Waals surface area (Å²) in [6.07, 6.45) is 0.650. The number of rotatable bonds is 5. The number of aromatic hydroxyl groups is 1. The lowest BCUT2D eigenvalue weighted by atomic mass is 10.1. The molecule has 2 N–H and O–H groups in total. The molecule has 0 bridgehead atoms. The lowest BCUT2D eigenvalue weighted by Crippen LogP contribution is -2.33. The Morgan fingerprint density at radius 3 is 2.66 bits per heavy atom. The number of halogens is 1. The van der Waals surface area contributed by atoms with Crippen molar-refractivity contribution in [3.63, 3.8) is 0 Å². The van der Waals surface area contributed by atoms with Crippen LogP contribution in [-0.4, -0.2) is 31.0 Å². The second-order valence-electron chi connectivity index (χ2n) is 7.93. The van der Waals surface area contributed by atoms with E-state index in [1.807, 2.05) is 13.8 Å². The number of pyridine rings is 1. The number of hydrogen-bond donors (Lipinski definition) is 2. The molecule has 0 spiro atoms. The molecule has 4 rings (SSSR count). The number of nitrogens with zero attached hydrogens (tertiary/aromatic N) is 2. The van der Waals surface area contributed by atoms with Crippen LogP contribution in [0.3, 0.4) is 0 Å². The Morgan fingerprint density at radius 1 is 1.22 bits per heavy atom. The maximum atomic E-state index is 14.0. The van der Waals surface area contributed by atoms with Crippen LogP contribution in [0.25, 0.3) is 10.9 Å². The van der Waals surface area contributed by atoms with Gasteiger partial charge in [-0.25, -0.2) is 4.39 Å². The topological polar surface area (TPSA) is 110 Å². The fourth-order valence-corrected chi connectivity index (χ4v) is 4.75. The summed E-state index contributed by atoms with van der Waals surface area (Å²) in [4.78, 5) is 13.3. The molecule has 168 valence electrons. The van der Waals surface area contributed by atoms with Gasteiger partial charge in [-0.15, -0.1) is 4.40 Å². The average molecular weight is 459 g/mol. The van der Waals surface area contributed by atoms with E-state index in [0.29, 0.717) is 24.2 Å². The summed E-state index contributed by atoms with van der Waals surface area (Å²) in [5.41, 5.74) is -0.428. The number of hydrogen-bond acceptors (Lipinski definition) is 6. The number of ether oxygens (including phenoxy) is 1. The fourth-order valence-electron chi connectivity index (χ4n) is 3.61. The van der Waals surface area contributed by atoms with Crippen LogP contribution in [0, 0.1) is 11.7 Å². The third kappa shape index (κ3) is 3.70. The van der Waals surface area contributed by atoms with E-state index in [1.165, 1.54) is 35.9 Å². The summed E-state index contributed by atoms with van der Waals surface area (Å²) in [5.74, 6) is -0.857. The molecule has 2 heterocycles. The molecule has 0 fully saturated rings. The SMILES string of the molecule is COc1ccc2c(c1)S(=O)(=O)N=C(c1c(O)c3cc(F)ccc3n(CCC(C)C)c1=O)N2. The van der Waals surface area contributed by atoms with E-state index in [9.17, 15) is 22.7 Å². The molecule has 0 radical (unpaired) electrons. The van der Waals surface area contributed by atoms with Crippen molar-refractivity contribution in [2.75, 3.05) is 12.4 Å². The summed E-state index contributed by atoms with van der Waals surface area (Å²) in [6.45, 7) is 4.30. The summed E-state index contributed by atoms with van der Waals surface area (Å²) in [7, 11) is -2.79. The Morgan fingerprint density at radius 2 is 1.97 bits per heavy atom. The van der Waals surface area contributed by atoms with Crippen molar-refractivity contribution in [1.29, 1.82) is 0 Å². The van der Waals surface area contributed by atoms with E-state index in [1.54, 1.807) is 6.07 Å². The van der Waals surface area contributed by atoms with E-state index >= 15 is 0 Å². The van der Waals surface area contributed by atoms with Crippen LogP contribution in [-0.2, 0) is 16.6 Å². The maximum absolute atomic E-state index is 14.0. The van der Waals surface area contributed by atoms with Crippen LogP contribution in [0.15, 0.2) is 50.5 Å². The number of anilines is 1. The van der Waals surface area contributed by atoms with Gasteiger partial charge in [-0.05, 0) is 42.7 Å². The van der Waals surface area contributed by atoms with Crippen molar-refractivity contribution >= 4 is 32.4 Å². The van der Waals surface area contributed by atoms with E-state index in [4.69, 9.17) is 4.74 Å². The molecule has 0 amide bonds. The van der Waals surface area contributed by atoms with E-state index in [2.05, 4.69) is 9.71 Å². The summed E-state index contributed by atoms with van der Waals surface area (Å²) in [6, 6.07) is 8.09. The zero-order chi connectivity index (χ0) is 23.2. The summed E-state index contributed by atoms with van der Waals surface area (Å²) < 4.78 is 49.9. The normalized spacial score (nSPS) is 14.7. The fraction of sp³-hybridized carbons (Fsp3) is 0.273. The molecule has 32 heavy (non-hydrogen) atoms. The van der Waals surface area contributed by atoms with Crippen LogP contribution in [0.2, 0.25) is 0 Å². The smallest absolute Gasteiger partial charge is 0.286 e. The van der Waals surface area contributed by atoms with Crippen LogP contribution in [0.1, 0.15) is 25.8 Å². The van der Waals surface area contributed by atoms with Gasteiger partial charge in [-0.1, -0.05) is 13.8 Å². The Kier molecular flexibility index (Phi) is 5.41. The first kappa shape index (κ1) is 21.8. The van der Waals surface area contributed by atoms with Gasteiger partial charge in [0.1, 0.15) is 27.8 Å². The molecule has 1 aliphatic rings. The van der Waals surface area contributed by atoms with Crippen molar-refractivity contribution in [2.45, 2.75) is 31.7 Å². The van der Waals surface area contributed by atoms with E-state index < -0.39 is 27.1 Å². The van der Waals surface area contributed by atoms with E-state index in [-0.39, 0.29) is 33.3 Å². The van der Waals surface area contributed by atoms with Crippen LogP contribution < -0.4 is 15.6 Å². The molecular weight excluding hydrogens is 437 g/mol. The first-order valence-electron chi connectivity index (χ1n) is 9.98. The minimum absolute atomic E-state index is 0.0887. The highest BCUT2D eigenvalue weighted by atomic mass is 32.2. The number of amidine groups is 1. The Labute approximate surface area is 184 Å². The zero-order valence-corrected chi connectivity index (χ0v) is 18.5. The molecule has 3 aromatic rings. The van der Waals surface area contributed by atoms with Crippen molar-refractivity contribution in [3.8, 4) is 11.5 Å². The molecule has 0 unspecified atom stereocenters. The molecule has 1 aromatic heterocycles. The number of sulfonamides is 1. The van der Waals surface area contributed by atoms with Crippen LogP contribution >= 0.6 is 0 Å². The second kappa shape index (κ2) is 7.94. The second-order valence-corrected chi connectivity index (χ2v) is 9.50. The quantitative estimate of drug-likeness (QED) is 0.605. The minimum Gasteiger partial charge on any atom is -0.506 e. The van der Waals surface area contributed by atoms with Gasteiger partial charge in [0, 0.05) is 18.0 Å². The standard InChI is InChI=1S/C22H22FN3O5S/c1-12(2)8-9-26-17-7-4-13(23)10-15(17)20(27)19(22(26)28)21-24-16-6-5-14(31-3)11-18(16)32(29,30)25-21/h4-7,10-12,27H,8-9H2,1-3H3,(H,24,25). The molecule has 0 saturated carbocycles. The number of methoxy groups -OCH3 is 1. The number of fused-ring (bicyclic) bond motifs is 2. The first-order chi connectivity index (χ1) is 15.1. The third-order valence-electron chi connectivity index (χ3n) is 5.30. The van der Waals surface area contributed by atoms with Crippen LogP contribution in [0.4, 0.5) is 10.1 Å². The molecule has 0 atom stereocenters. The number of aryl methyl sites for hydroxylation is 1. The summed E-state index contributed by atoms with van der Waals surface area (Å²) in [5, 5.41) is 13.8. The van der Waals surface area contributed by atoms with Crippen molar-refractivity contribution in [1.82, 2.24) is 4.57 Å². The van der Waals surface area contributed by atoms with Crippen molar-refractivity contribution in [3.05, 3.63) is 58.1 Å². The predicted octanol–water partition coefficient (Wildman–Crippen LogP) is 3.46. The van der Waals surface area contributed by atoms with Crippen molar-refractivity contribution in [2.24, 2.45) is 10.3 Å². The van der Waals surface area contributed by atoms with E-state index in [0.717, 1.165) is 6.07 Å². The monoisotopic (exact) mass is 459 g/mol. The van der Waals surface area contributed by atoms with Gasteiger partial charge in [-0.3, -0.25) is 4.79 Å². The lowest BCUT2D eigenvalue weighted by molar-refractivity contribution is 0.413. The van der Waals surface area contributed by atoms with Gasteiger partial charge < -0.3 is 19.7 Å². The zero-order valence-electron chi connectivity index (χ0n) is 17.7. The van der Waals surface area contributed by atoms with Gasteiger partial charge in [0.2, 0.25) is 0 Å². The number of aromatic nitrogens is 1. The highest BCUT2D eigenvalue weighted by molar-refractivity contribution is 7.90. The molecule has 10 heteroatoms. The van der Waals surface area contributed by atoms with Gasteiger partial charge in [0.25, 0.3) is 15.6 Å². The third-order valence-corrected chi connectivity index (χ3v) is 6.61. The molecule has 1 aliphatic heterocycles. The largest absolute Gasteiger partial charge is 0.506 e. The molecule has 2 aromatic carbocycles. The van der Waals surface area contributed by atoms with Gasteiger partial charge >= 0.3 is 0 Å². The Balaban J connectivity index is 1.97.